The third-order valence-electron chi connectivity index (χ3n) is 2.46. The van der Waals surface area contributed by atoms with Gasteiger partial charge in [-0.1, -0.05) is 6.42 Å². The molecule has 0 radical (unpaired) electrons. The van der Waals surface area contributed by atoms with Gasteiger partial charge in [0.25, 0.3) is 0 Å². The molecule has 1 aliphatic carbocycles. The molecule has 1 saturated carbocycles. The second kappa shape index (κ2) is 2.64. The van der Waals surface area contributed by atoms with Gasteiger partial charge in [0.15, 0.2) is 0 Å². The number of nitrogens with zero attached hydrogens (tertiary/aromatic N) is 1. The predicted octanol–water partition coefficient (Wildman–Crippen LogP) is 1.05. The summed E-state index contributed by atoms with van der Waals surface area (Å²) < 4.78 is 0. The van der Waals surface area contributed by atoms with Crippen molar-refractivity contribution in [2.45, 2.75) is 32.1 Å². The summed E-state index contributed by atoms with van der Waals surface area (Å²) in [6.45, 7) is 0. The molecule has 0 aromatic rings. The lowest BCUT2D eigenvalue weighted by Gasteiger charge is -2.26. The zero-order valence-electron chi connectivity index (χ0n) is 6.47. The molecule has 1 heterocycles. The van der Waals surface area contributed by atoms with Gasteiger partial charge in [0.05, 0.1) is 0 Å². The number of fused-ring (bicyclic) bond motifs is 1. The minimum atomic E-state index is 0.0839. The molecular formula is C8H12N2O. The van der Waals surface area contributed by atoms with Crippen LogP contribution in [0.4, 0.5) is 0 Å². The van der Waals surface area contributed by atoms with E-state index in [1.165, 1.54) is 18.6 Å². The Labute approximate surface area is 65.9 Å². The van der Waals surface area contributed by atoms with Crippen LogP contribution in [0, 0.1) is 5.92 Å². The van der Waals surface area contributed by atoms with Crippen LogP contribution in [0.2, 0.25) is 0 Å². The number of rotatable bonds is 0. The van der Waals surface area contributed by atoms with E-state index in [0.717, 1.165) is 12.8 Å². The maximum Gasteiger partial charge on any atom is 0.240 e. The predicted molar refractivity (Wildman–Crippen MR) is 42.2 cm³/mol. The van der Waals surface area contributed by atoms with E-state index >= 15 is 0 Å². The van der Waals surface area contributed by atoms with Crippen molar-refractivity contribution in [3.05, 3.63) is 0 Å². The second-order valence-corrected chi connectivity index (χ2v) is 3.28. The van der Waals surface area contributed by atoms with Crippen LogP contribution in [0.3, 0.4) is 0 Å². The highest BCUT2D eigenvalue weighted by atomic mass is 16.2. The molecule has 1 unspecified atom stereocenters. The number of carbonyl (C=O) groups excluding carboxylic acids is 1. The molecule has 1 fully saturated rings. The van der Waals surface area contributed by atoms with Crippen LogP contribution >= 0.6 is 0 Å². The molecule has 1 atom stereocenters. The highest BCUT2D eigenvalue weighted by Gasteiger charge is 2.26. The molecule has 0 spiro atoms. The first-order valence-corrected chi connectivity index (χ1v) is 4.21. The van der Waals surface area contributed by atoms with E-state index in [2.05, 4.69) is 10.5 Å². The van der Waals surface area contributed by atoms with Gasteiger partial charge in [-0.05, 0) is 19.3 Å². The summed E-state index contributed by atoms with van der Waals surface area (Å²) in [5.74, 6) is 0.554. The maximum absolute atomic E-state index is 10.9. The first-order chi connectivity index (χ1) is 5.36. The molecule has 1 aliphatic heterocycles. The van der Waals surface area contributed by atoms with Crippen LogP contribution in [0.5, 0.6) is 0 Å². The number of carbonyl (C=O) groups is 1. The van der Waals surface area contributed by atoms with Gasteiger partial charge in [-0.15, -0.1) is 0 Å². The van der Waals surface area contributed by atoms with Crippen molar-refractivity contribution in [3.63, 3.8) is 0 Å². The molecule has 60 valence electrons. The molecule has 2 rings (SSSR count). The molecule has 0 bridgehead atoms. The number of hydrogen-bond acceptors (Lipinski definition) is 2. The van der Waals surface area contributed by atoms with Crippen molar-refractivity contribution in [1.29, 1.82) is 0 Å². The standard InChI is InChI=1S/C8H12N2O/c11-8-5-6-3-1-2-4-7(6)9-10-8/h6H,1-5H2,(H,10,11). The van der Waals surface area contributed by atoms with Crippen LogP contribution < -0.4 is 5.43 Å². The molecular weight excluding hydrogens is 140 g/mol. The zero-order valence-corrected chi connectivity index (χ0v) is 6.47. The molecule has 2 aliphatic rings. The summed E-state index contributed by atoms with van der Waals surface area (Å²) in [7, 11) is 0. The first-order valence-electron chi connectivity index (χ1n) is 4.21. The van der Waals surface area contributed by atoms with Crippen molar-refractivity contribution in [1.82, 2.24) is 5.43 Å². The van der Waals surface area contributed by atoms with E-state index in [0.29, 0.717) is 12.3 Å². The molecule has 1 amide bonds. The third kappa shape index (κ3) is 1.27. The Morgan fingerprint density at radius 3 is 3.27 bits per heavy atom. The van der Waals surface area contributed by atoms with Crippen LogP contribution in [0.25, 0.3) is 0 Å². The fourth-order valence-electron chi connectivity index (χ4n) is 1.84. The smallest absolute Gasteiger partial charge is 0.240 e. The zero-order chi connectivity index (χ0) is 7.68. The Bertz CT molecular complexity index is 210. The van der Waals surface area contributed by atoms with E-state index in [9.17, 15) is 4.79 Å². The van der Waals surface area contributed by atoms with Crippen LogP contribution in [0.15, 0.2) is 5.10 Å². The summed E-state index contributed by atoms with van der Waals surface area (Å²) in [5, 5.41) is 4.05. The summed E-state index contributed by atoms with van der Waals surface area (Å²) in [6.07, 6.45) is 5.41. The fraction of sp³-hybridized carbons (Fsp3) is 0.750. The highest BCUT2D eigenvalue weighted by Crippen LogP contribution is 2.25. The first kappa shape index (κ1) is 6.83. The van der Waals surface area contributed by atoms with Crippen molar-refractivity contribution in [2.24, 2.45) is 11.0 Å². The molecule has 3 nitrogen and oxygen atoms in total. The summed E-state index contributed by atoms with van der Waals surface area (Å²) in [6, 6.07) is 0. The Hall–Kier alpha value is -0.860. The van der Waals surface area contributed by atoms with Crippen molar-refractivity contribution in [2.75, 3.05) is 0 Å². The van der Waals surface area contributed by atoms with E-state index in [4.69, 9.17) is 0 Å². The summed E-state index contributed by atoms with van der Waals surface area (Å²) >= 11 is 0. The van der Waals surface area contributed by atoms with Gasteiger partial charge in [-0.3, -0.25) is 4.79 Å². The lowest BCUT2D eigenvalue weighted by Crippen LogP contribution is -2.34. The van der Waals surface area contributed by atoms with Gasteiger partial charge in [-0.2, -0.15) is 5.10 Å². The van der Waals surface area contributed by atoms with Gasteiger partial charge in [-0.25, -0.2) is 5.43 Å². The number of nitrogens with one attached hydrogen (secondary N) is 1. The highest BCUT2D eigenvalue weighted by molar-refractivity contribution is 5.94. The Kier molecular flexibility index (Phi) is 1.64. The van der Waals surface area contributed by atoms with E-state index in [1.54, 1.807) is 0 Å². The molecule has 0 aromatic heterocycles. The summed E-state index contributed by atoms with van der Waals surface area (Å²) in [5.41, 5.74) is 3.75. The number of hydrogen-bond donors (Lipinski definition) is 1. The van der Waals surface area contributed by atoms with Crippen LogP contribution in [0.1, 0.15) is 32.1 Å². The van der Waals surface area contributed by atoms with Gasteiger partial charge >= 0.3 is 0 Å². The topological polar surface area (TPSA) is 41.5 Å². The molecule has 0 aromatic carbocycles. The summed E-state index contributed by atoms with van der Waals surface area (Å²) in [4.78, 5) is 10.9. The second-order valence-electron chi connectivity index (χ2n) is 3.28. The SMILES string of the molecule is O=C1CC2CCCCC2=NN1. The average Bonchev–Trinajstić information content (AvgIpc) is 2.04. The van der Waals surface area contributed by atoms with Crippen molar-refractivity contribution in [3.8, 4) is 0 Å². The van der Waals surface area contributed by atoms with Crippen LogP contribution in [-0.4, -0.2) is 11.6 Å². The van der Waals surface area contributed by atoms with Crippen LogP contribution in [-0.2, 0) is 4.79 Å². The normalized spacial score (nSPS) is 30.4. The van der Waals surface area contributed by atoms with E-state index < -0.39 is 0 Å². The third-order valence-corrected chi connectivity index (χ3v) is 2.46. The minimum Gasteiger partial charge on any atom is -0.273 e. The largest absolute Gasteiger partial charge is 0.273 e. The molecule has 1 N–H and O–H groups in total. The van der Waals surface area contributed by atoms with E-state index in [-0.39, 0.29) is 5.91 Å². The number of hydrazone groups is 1. The minimum absolute atomic E-state index is 0.0839. The Balaban J connectivity index is 2.14. The monoisotopic (exact) mass is 152 g/mol. The lowest BCUT2D eigenvalue weighted by atomic mass is 9.84. The van der Waals surface area contributed by atoms with Gasteiger partial charge < -0.3 is 0 Å². The Morgan fingerprint density at radius 1 is 1.45 bits per heavy atom. The average molecular weight is 152 g/mol. The van der Waals surface area contributed by atoms with Gasteiger partial charge in [0, 0.05) is 18.1 Å². The molecule has 11 heavy (non-hydrogen) atoms. The fourth-order valence-corrected chi connectivity index (χ4v) is 1.84. The van der Waals surface area contributed by atoms with Crippen molar-refractivity contribution < 1.29 is 4.79 Å². The quantitative estimate of drug-likeness (QED) is 0.554. The maximum atomic E-state index is 10.9. The van der Waals surface area contributed by atoms with Gasteiger partial charge in [0.1, 0.15) is 0 Å². The van der Waals surface area contributed by atoms with Crippen molar-refractivity contribution >= 4 is 11.6 Å². The van der Waals surface area contributed by atoms with E-state index in [1.807, 2.05) is 0 Å². The lowest BCUT2D eigenvalue weighted by molar-refractivity contribution is -0.122. The Morgan fingerprint density at radius 2 is 2.36 bits per heavy atom. The molecule has 0 saturated heterocycles. The number of amides is 1. The van der Waals surface area contributed by atoms with Gasteiger partial charge in [0.2, 0.25) is 5.91 Å². The molecule has 3 heteroatoms.